The summed E-state index contributed by atoms with van der Waals surface area (Å²) in [6.07, 6.45) is 1.42. The number of nitrogens with one attached hydrogen (secondary N) is 1. The largest absolute Gasteiger partial charge is 0.351 e. The van der Waals surface area contributed by atoms with Crippen molar-refractivity contribution in [3.8, 4) is 0 Å². The Morgan fingerprint density at radius 1 is 1.35 bits per heavy atom. The van der Waals surface area contributed by atoms with Crippen LogP contribution in [0, 0.1) is 13.8 Å². The lowest BCUT2D eigenvalue weighted by Crippen LogP contribution is -2.23. The Labute approximate surface area is 98.1 Å². The predicted octanol–water partition coefficient (Wildman–Crippen LogP) is 1.01. The van der Waals surface area contributed by atoms with Gasteiger partial charge in [0.15, 0.2) is 0 Å². The van der Waals surface area contributed by atoms with Crippen LogP contribution in [0.4, 0.5) is 0 Å². The van der Waals surface area contributed by atoms with E-state index >= 15 is 0 Å². The molecular weight excluding hydrogens is 220 g/mol. The van der Waals surface area contributed by atoms with Gasteiger partial charge in [0, 0.05) is 17.5 Å². The third kappa shape index (κ3) is 2.87. The number of aromatic nitrogens is 3. The molecule has 0 spiro atoms. The molecule has 0 bridgehead atoms. The van der Waals surface area contributed by atoms with Crippen molar-refractivity contribution in [3.63, 3.8) is 0 Å². The van der Waals surface area contributed by atoms with Crippen molar-refractivity contribution in [2.45, 2.75) is 20.4 Å². The molecule has 1 N–H and O–H groups in total. The van der Waals surface area contributed by atoms with E-state index in [2.05, 4.69) is 20.4 Å². The lowest BCUT2D eigenvalue weighted by atomic mass is 10.3. The second kappa shape index (κ2) is 4.73. The van der Waals surface area contributed by atoms with Crippen molar-refractivity contribution < 1.29 is 9.32 Å². The number of rotatable bonds is 3. The Balaban J connectivity index is 2.00. The van der Waals surface area contributed by atoms with E-state index in [0.717, 1.165) is 11.4 Å². The molecule has 6 nitrogen and oxygen atoms in total. The normalized spacial score (nSPS) is 10.2. The quantitative estimate of drug-likeness (QED) is 0.854. The third-order valence-corrected chi connectivity index (χ3v) is 2.10. The summed E-state index contributed by atoms with van der Waals surface area (Å²) in [5, 5.41) is 6.12. The van der Waals surface area contributed by atoms with Gasteiger partial charge in [0.05, 0.1) is 12.7 Å². The molecule has 0 saturated carbocycles. The van der Waals surface area contributed by atoms with Crippen LogP contribution in [-0.2, 0) is 6.54 Å². The lowest BCUT2D eigenvalue weighted by molar-refractivity contribution is 0.0913. The van der Waals surface area contributed by atoms with Gasteiger partial charge < -0.3 is 9.84 Å². The van der Waals surface area contributed by atoms with Gasteiger partial charge in [0.25, 0.3) is 5.91 Å². The van der Waals surface area contributed by atoms with Gasteiger partial charge in [-0.2, -0.15) is 0 Å². The Hall–Kier alpha value is -2.24. The molecular formula is C11H12N4O2. The highest BCUT2D eigenvalue weighted by Gasteiger charge is 2.09. The van der Waals surface area contributed by atoms with Crippen LogP contribution in [0.15, 0.2) is 22.9 Å². The molecule has 0 atom stereocenters. The first-order valence-corrected chi connectivity index (χ1v) is 5.15. The second-order valence-corrected chi connectivity index (χ2v) is 3.63. The average molecular weight is 232 g/mol. The van der Waals surface area contributed by atoms with Gasteiger partial charge in [-0.25, -0.2) is 9.97 Å². The average Bonchev–Trinajstić information content (AvgIpc) is 2.78. The van der Waals surface area contributed by atoms with Crippen LogP contribution in [-0.4, -0.2) is 21.0 Å². The summed E-state index contributed by atoms with van der Waals surface area (Å²) >= 11 is 0. The first kappa shape index (κ1) is 11.3. The maximum absolute atomic E-state index is 11.5. The number of aryl methyl sites for hydroxylation is 2. The van der Waals surface area contributed by atoms with E-state index < -0.39 is 0 Å². The summed E-state index contributed by atoms with van der Waals surface area (Å²) in [5.41, 5.74) is 1.75. The number of carbonyl (C=O) groups excluding carboxylic acids is 1. The summed E-state index contributed by atoms with van der Waals surface area (Å²) in [7, 11) is 0. The molecule has 88 valence electrons. The SMILES string of the molecule is Cc1cc(C)nc(CNC(=O)c2ccno2)n1. The first-order valence-electron chi connectivity index (χ1n) is 5.15. The molecule has 0 unspecified atom stereocenters. The van der Waals surface area contributed by atoms with Crippen molar-refractivity contribution in [1.82, 2.24) is 20.4 Å². The topological polar surface area (TPSA) is 80.9 Å². The monoisotopic (exact) mass is 232 g/mol. The molecule has 0 aliphatic rings. The van der Waals surface area contributed by atoms with Gasteiger partial charge in [0.1, 0.15) is 5.82 Å². The van der Waals surface area contributed by atoms with Crippen LogP contribution in [0.3, 0.4) is 0 Å². The third-order valence-electron chi connectivity index (χ3n) is 2.10. The maximum Gasteiger partial charge on any atom is 0.290 e. The fourth-order valence-electron chi connectivity index (χ4n) is 1.46. The van der Waals surface area contributed by atoms with E-state index in [1.54, 1.807) is 0 Å². The molecule has 0 radical (unpaired) electrons. The maximum atomic E-state index is 11.5. The van der Waals surface area contributed by atoms with Crippen molar-refractivity contribution in [3.05, 3.63) is 41.3 Å². The molecule has 0 aliphatic heterocycles. The smallest absolute Gasteiger partial charge is 0.290 e. The number of hydrogen-bond donors (Lipinski definition) is 1. The molecule has 0 saturated heterocycles. The van der Waals surface area contributed by atoms with Gasteiger partial charge in [-0.1, -0.05) is 5.16 Å². The van der Waals surface area contributed by atoms with Gasteiger partial charge in [-0.3, -0.25) is 4.79 Å². The number of nitrogens with zero attached hydrogens (tertiary/aromatic N) is 3. The standard InChI is InChI=1S/C11H12N4O2/c1-7-5-8(2)15-10(14-7)6-12-11(16)9-3-4-13-17-9/h3-5H,6H2,1-2H3,(H,12,16). The van der Waals surface area contributed by atoms with Gasteiger partial charge in [-0.15, -0.1) is 0 Å². The zero-order valence-corrected chi connectivity index (χ0v) is 9.60. The number of carbonyl (C=O) groups is 1. The highest BCUT2D eigenvalue weighted by atomic mass is 16.5. The van der Waals surface area contributed by atoms with Gasteiger partial charge in [-0.05, 0) is 19.9 Å². The zero-order chi connectivity index (χ0) is 12.3. The minimum atomic E-state index is -0.328. The fraction of sp³-hybridized carbons (Fsp3) is 0.273. The highest BCUT2D eigenvalue weighted by Crippen LogP contribution is 2.00. The van der Waals surface area contributed by atoms with Gasteiger partial charge >= 0.3 is 0 Å². The summed E-state index contributed by atoms with van der Waals surface area (Å²) in [5.74, 6) is 0.426. The summed E-state index contributed by atoms with van der Waals surface area (Å²) in [6.45, 7) is 4.04. The lowest BCUT2D eigenvalue weighted by Gasteiger charge is -2.03. The molecule has 2 aromatic heterocycles. The number of amides is 1. The van der Waals surface area contributed by atoms with Gasteiger partial charge in [0.2, 0.25) is 5.76 Å². The van der Waals surface area contributed by atoms with Crippen LogP contribution in [0.2, 0.25) is 0 Å². The Bertz CT molecular complexity index is 502. The second-order valence-electron chi connectivity index (χ2n) is 3.63. The molecule has 1 amide bonds. The molecule has 2 rings (SSSR count). The van der Waals surface area contributed by atoms with Crippen LogP contribution in [0.25, 0.3) is 0 Å². The van der Waals surface area contributed by atoms with E-state index in [0.29, 0.717) is 5.82 Å². The molecule has 2 heterocycles. The van der Waals surface area contributed by atoms with Crippen LogP contribution >= 0.6 is 0 Å². The van der Waals surface area contributed by atoms with Crippen molar-refractivity contribution >= 4 is 5.91 Å². The fourth-order valence-corrected chi connectivity index (χ4v) is 1.46. The summed E-state index contributed by atoms with van der Waals surface area (Å²) in [4.78, 5) is 20.0. The van der Waals surface area contributed by atoms with Crippen molar-refractivity contribution in [2.24, 2.45) is 0 Å². The minimum Gasteiger partial charge on any atom is -0.351 e. The zero-order valence-electron chi connectivity index (χ0n) is 9.60. The van der Waals surface area contributed by atoms with E-state index in [4.69, 9.17) is 4.52 Å². The van der Waals surface area contributed by atoms with Crippen molar-refractivity contribution in [2.75, 3.05) is 0 Å². The highest BCUT2D eigenvalue weighted by molar-refractivity contribution is 5.91. The number of hydrogen-bond acceptors (Lipinski definition) is 5. The van der Waals surface area contributed by atoms with E-state index in [1.807, 2.05) is 19.9 Å². The molecule has 0 aromatic carbocycles. The molecule has 2 aromatic rings. The van der Waals surface area contributed by atoms with Crippen LogP contribution in [0.5, 0.6) is 0 Å². The molecule has 0 fully saturated rings. The molecule has 17 heavy (non-hydrogen) atoms. The minimum absolute atomic E-state index is 0.175. The Kier molecular flexibility index (Phi) is 3.13. The summed E-state index contributed by atoms with van der Waals surface area (Å²) < 4.78 is 4.73. The summed E-state index contributed by atoms with van der Waals surface area (Å²) in [6, 6.07) is 3.37. The predicted molar refractivity (Wildman–Crippen MR) is 59.2 cm³/mol. The van der Waals surface area contributed by atoms with E-state index in [1.165, 1.54) is 12.3 Å². The van der Waals surface area contributed by atoms with E-state index in [-0.39, 0.29) is 18.2 Å². The molecule has 0 aliphatic carbocycles. The van der Waals surface area contributed by atoms with Crippen LogP contribution in [0.1, 0.15) is 27.8 Å². The first-order chi connectivity index (χ1) is 8.15. The Morgan fingerprint density at radius 2 is 2.06 bits per heavy atom. The van der Waals surface area contributed by atoms with E-state index in [9.17, 15) is 4.79 Å². The molecule has 6 heteroatoms. The van der Waals surface area contributed by atoms with Crippen molar-refractivity contribution in [1.29, 1.82) is 0 Å². The van der Waals surface area contributed by atoms with Crippen LogP contribution < -0.4 is 5.32 Å². The Morgan fingerprint density at radius 3 is 2.65 bits per heavy atom.